The molecule has 22 heavy (non-hydrogen) atoms. The van der Waals surface area contributed by atoms with Gasteiger partial charge in [0.15, 0.2) is 0 Å². The molecule has 5 heteroatoms. The van der Waals surface area contributed by atoms with Crippen molar-refractivity contribution >= 4 is 22.7 Å². The van der Waals surface area contributed by atoms with E-state index in [4.69, 9.17) is 0 Å². The van der Waals surface area contributed by atoms with Gasteiger partial charge in [0.2, 0.25) is 11.8 Å². The standard InChI is InChI=1S/C17H19N3O2/c21-16-15-7-3-4-8-20(15)17(22)14(19-16)9-11-10-18-13-6-2-1-5-12(11)13/h1-2,5-6,10,14-15,18H,3-4,7-9H2,(H,19,21)/t14-,15-/m0/s1. The van der Waals surface area contributed by atoms with E-state index in [2.05, 4.69) is 10.3 Å². The van der Waals surface area contributed by atoms with Gasteiger partial charge in [-0.3, -0.25) is 9.59 Å². The van der Waals surface area contributed by atoms with E-state index < -0.39 is 6.04 Å². The minimum Gasteiger partial charge on any atom is -0.361 e. The van der Waals surface area contributed by atoms with Gasteiger partial charge in [0.1, 0.15) is 12.1 Å². The predicted molar refractivity (Wildman–Crippen MR) is 83.3 cm³/mol. The maximum Gasteiger partial charge on any atom is 0.246 e. The molecule has 0 saturated carbocycles. The second-order valence-electron chi connectivity index (χ2n) is 6.17. The van der Waals surface area contributed by atoms with Crippen LogP contribution in [-0.4, -0.2) is 40.3 Å². The molecule has 0 aliphatic carbocycles. The minimum atomic E-state index is -0.443. The molecule has 0 bridgehead atoms. The summed E-state index contributed by atoms with van der Waals surface area (Å²) < 4.78 is 0. The van der Waals surface area contributed by atoms with Crippen LogP contribution in [-0.2, 0) is 16.0 Å². The number of benzene rings is 1. The zero-order chi connectivity index (χ0) is 15.1. The van der Waals surface area contributed by atoms with Gasteiger partial charge >= 0.3 is 0 Å². The summed E-state index contributed by atoms with van der Waals surface area (Å²) >= 11 is 0. The summed E-state index contributed by atoms with van der Waals surface area (Å²) in [6, 6.07) is 7.33. The van der Waals surface area contributed by atoms with Crippen molar-refractivity contribution < 1.29 is 9.59 Å². The molecule has 0 unspecified atom stereocenters. The number of para-hydroxylation sites is 1. The van der Waals surface area contributed by atoms with Crippen molar-refractivity contribution in [3.05, 3.63) is 36.0 Å². The summed E-state index contributed by atoms with van der Waals surface area (Å²) in [5.74, 6) is 0.0683. The van der Waals surface area contributed by atoms with Crippen molar-refractivity contribution in [2.75, 3.05) is 6.54 Å². The van der Waals surface area contributed by atoms with Gasteiger partial charge in [0, 0.05) is 30.1 Å². The third kappa shape index (κ3) is 2.08. The Kier molecular flexibility index (Phi) is 3.13. The van der Waals surface area contributed by atoms with E-state index in [-0.39, 0.29) is 17.9 Å². The van der Waals surface area contributed by atoms with Crippen LogP contribution in [0.2, 0.25) is 0 Å². The summed E-state index contributed by atoms with van der Waals surface area (Å²) in [5.41, 5.74) is 2.13. The molecule has 4 rings (SSSR count). The quantitative estimate of drug-likeness (QED) is 0.884. The van der Waals surface area contributed by atoms with Gasteiger partial charge < -0.3 is 15.2 Å². The Morgan fingerprint density at radius 3 is 2.95 bits per heavy atom. The van der Waals surface area contributed by atoms with Crippen LogP contribution in [0.15, 0.2) is 30.5 Å². The number of carbonyl (C=O) groups excluding carboxylic acids is 2. The highest BCUT2D eigenvalue weighted by molar-refractivity contribution is 5.97. The smallest absolute Gasteiger partial charge is 0.246 e. The lowest BCUT2D eigenvalue weighted by atomic mass is 9.94. The van der Waals surface area contributed by atoms with E-state index in [0.29, 0.717) is 13.0 Å². The highest BCUT2D eigenvalue weighted by atomic mass is 16.2. The number of piperidine rings is 1. The number of aromatic amines is 1. The number of amides is 2. The van der Waals surface area contributed by atoms with E-state index in [1.165, 1.54) is 0 Å². The SMILES string of the molecule is O=C1N[C@@H](Cc2c[nH]c3ccccc23)C(=O)N2CCCC[C@@H]12. The topological polar surface area (TPSA) is 65.2 Å². The molecule has 1 aromatic heterocycles. The lowest BCUT2D eigenvalue weighted by Crippen LogP contribution is -2.64. The molecule has 3 heterocycles. The number of hydrogen-bond acceptors (Lipinski definition) is 2. The molecule has 5 nitrogen and oxygen atoms in total. The highest BCUT2D eigenvalue weighted by Gasteiger charge is 2.41. The van der Waals surface area contributed by atoms with Crippen molar-refractivity contribution in [2.24, 2.45) is 0 Å². The Hall–Kier alpha value is -2.30. The molecule has 114 valence electrons. The van der Waals surface area contributed by atoms with Crippen LogP contribution in [0.3, 0.4) is 0 Å². The Morgan fingerprint density at radius 1 is 1.18 bits per heavy atom. The number of rotatable bonds is 2. The lowest BCUT2D eigenvalue weighted by Gasteiger charge is -2.41. The van der Waals surface area contributed by atoms with Crippen molar-refractivity contribution in [1.82, 2.24) is 15.2 Å². The summed E-state index contributed by atoms with van der Waals surface area (Å²) in [7, 11) is 0. The van der Waals surface area contributed by atoms with Crippen LogP contribution >= 0.6 is 0 Å². The molecular formula is C17H19N3O2. The molecule has 2 saturated heterocycles. The number of H-pyrrole nitrogens is 1. The van der Waals surface area contributed by atoms with E-state index in [9.17, 15) is 9.59 Å². The highest BCUT2D eigenvalue weighted by Crippen LogP contribution is 2.24. The van der Waals surface area contributed by atoms with E-state index in [0.717, 1.165) is 35.7 Å². The molecule has 2 aliphatic rings. The Morgan fingerprint density at radius 2 is 2.05 bits per heavy atom. The maximum atomic E-state index is 12.7. The number of nitrogens with zero attached hydrogens (tertiary/aromatic N) is 1. The fraction of sp³-hybridized carbons (Fsp3) is 0.412. The molecule has 0 radical (unpaired) electrons. The van der Waals surface area contributed by atoms with E-state index in [1.54, 1.807) is 4.90 Å². The van der Waals surface area contributed by atoms with Gasteiger partial charge in [0.05, 0.1) is 0 Å². The fourth-order valence-corrected chi connectivity index (χ4v) is 3.66. The average molecular weight is 297 g/mol. The second kappa shape index (κ2) is 5.16. The number of fused-ring (bicyclic) bond motifs is 2. The summed E-state index contributed by atoms with van der Waals surface area (Å²) in [5, 5.41) is 4.04. The first kappa shape index (κ1) is 13.4. The van der Waals surface area contributed by atoms with Gasteiger partial charge in [-0.2, -0.15) is 0 Å². The maximum absolute atomic E-state index is 12.7. The van der Waals surface area contributed by atoms with Crippen LogP contribution in [0.5, 0.6) is 0 Å². The predicted octanol–water partition coefficient (Wildman–Crippen LogP) is 1.59. The van der Waals surface area contributed by atoms with Crippen LogP contribution in [0.1, 0.15) is 24.8 Å². The molecular weight excluding hydrogens is 278 g/mol. The van der Waals surface area contributed by atoms with Gasteiger partial charge in [-0.05, 0) is 30.9 Å². The first-order valence-electron chi connectivity index (χ1n) is 7.90. The van der Waals surface area contributed by atoms with Gasteiger partial charge in [-0.25, -0.2) is 0 Å². The van der Waals surface area contributed by atoms with Crippen LogP contribution < -0.4 is 5.32 Å². The number of hydrogen-bond donors (Lipinski definition) is 2. The number of nitrogens with one attached hydrogen (secondary N) is 2. The molecule has 2 amide bonds. The molecule has 2 N–H and O–H groups in total. The van der Waals surface area contributed by atoms with Crippen molar-refractivity contribution in [3.8, 4) is 0 Å². The Bertz CT molecular complexity index is 736. The van der Waals surface area contributed by atoms with Crippen molar-refractivity contribution in [1.29, 1.82) is 0 Å². The van der Waals surface area contributed by atoms with Gasteiger partial charge in [-0.15, -0.1) is 0 Å². The summed E-state index contributed by atoms with van der Waals surface area (Å²) in [4.78, 5) is 29.9. The molecule has 2 fully saturated rings. The normalized spacial score (nSPS) is 25.2. The van der Waals surface area contributed by atoms with Crippen LogP contribution in [0, 0.1) is 0 Å². The zero-order valence-corrected chi connectivity index (χ0v) is 12.3. The molecule has 2 aliphatic heterocycles. The Labute approximate surface area is 128 Å². The molecule has 2 aromatic rings. The first-order chi connectivity index (χ1) is 10.7. The monoisotopic (exact) mass is 297 g/mol. The van der Waals surface area contributed by atoms with Crippen LogP contribution in [0.4, 0.5) is 0 Å². The fourth-order valence-electron chi connectivity index (χ4n) is 3.66. The summed E-state index contributed by atoms with van der Waals surface area (Å²) in [6.45, 7) is 0.710. The second-order valence-corrected chi connectivity index (χ2v) is 6.17. The molecule has 0 spiro atoms. The van der Waals surface area contributed by atoms with Crippen LogP contribution in [0.25, 0.3) is 10.9 Å². The number of piperazine rings is 1. The largest absolute Gasteiger partial charge is 0.361 e. The third-order valence-corrected chi connectivity index (χ3v) is 4.80. The third-order valence-electron chi connectivity index (χ3n) is 4.80. The molecule has 1 aromatic carbocycles. The van der Waals surface area contributed by atoms with E-state index >= 15 is 0 Å². The van der Waals surface area contributed by atoms with E-state index in [1.807, 2.05) is 30.5 Å². The van der Waals surface area contributed by atoms with Crippen molar-refractivity contribution in [3.63, 3.8) is 0 Å². The van der Waals surface area contributed by atoms with Crippen molar-refractivity contribution in [2.45, 2.75) is 37.8 Å². The number of carbonyl (C=O) groups is 2. The average Bonchev–Trinajstić information content (AvgIpc) is 2.96. The molecule has 2 atom stereocenters. The Balaban J connectivity index is 1.60. The van der Waals surface area contributed by atoms with Gasteiger partial charge in [0.25, 0.3) is 0 Å². The summed E-state index contributed by atoms with van der Waals surface area (Å²) in [6.07, 6.45) is 5.28. The number of aromatic nitrogens is 1. The van der Waals surface area contributed by atoms with Gasteiger partial charge in [-0.1, -0.05) is 18.2 Å². The minimum absolute atomic E-state index is 0.00383. The zero-order valence-electron chi connectivity index (χ0n) is 12.3. The first-order valence-corrected chi connectivity index (χ1v) is 7.90. The lowest BCUT2D eigenvalue weighted by molar-refractivity contribution is -0.151.